The quantitative estimate of drug-likeness (QED) is 0.247. The van der Waals surface area contributed by atoms with Gasteiger partial charge in [-0.2, -0.15) is 0 Å². The smallest absolute Gasteiger partial charge is 0.343 e. The molecule has 3 aromatic carbocycles. The summed E-state index contributed by atoms with van der Waals surface area (Å²) in [5, 5.41) is 9.46. The van der Waals surface area contributed by atoms with Crippen molar-refractivity contribution in [2.24, 2.45) is 0 Å². The van der Waals surface area contributed by atoms with Crippen LogP contribution in [-0.4, -0.2) is 23.0 Å². The summed E-state index contributed by atoms with van der Waals surface area (Å²) in [5.74, 6) is -2.74. The van der Waals surface area contributed by atoms with E-state index >= 15 is 0 Å². The van der Waals surface area contributed by atoms with Gasteiger partial charge in [-0.25, -0.2) is 14.4 Å². The van der Waals surface area contributed by atoms with Crippen molar-refractivity contribution >= 4 is 63.1 Å². The number of ether oxygens (including phenoxy) is 2. The van der Waals surface area contributed by atoms with Gasteiger partial charge < -0.3 is 14.6 Å². The summed E-state index contributed by atoms with van der Waals surface area (Å²) in [6.45, 7) is 0. The fraction of sp³-hybridized carbons (Fsp3) is 0. The minimum Gasteiger partial charge on any atom is -0.478 e. The number of rotatable bonds is 5. The standard InChI is InChI=1S/C21H12I2O6/c22-14-5-1-12(2-6-14)20(26)28-16-9-10-18(17(11-16)19(24)25)29-21(27)13-3-7-15(23)8-4-13/h1-11H,(H,24,25). The molecule has 0 aliphatic heterocycles. The summed E-state index contributed by atoms with van der Waals surface area (Å²) < 4.78 is 12.4. The molecule has 0 fully saturated rings. The van der Waals surface area contributed by atoms with Crippen LogP contribution in [0.4, 0.5) is 0 Å². The predicted molar refractivity (Wildman–Crippen MR) is 122 cm³/mol. The fourth-order valence-electron chi connectivity index (χ4n) is 2.33. The van der Waals surface area contributed by atoms with E-state index in [9.17, 15) is 19.5 Å². The first-order valence-electron chi connectivity index (χ1n) is 8.16. The van der Waals surface area contributed by atoms with Gasteiger partial charge in [0.2, 0.25) is 0 Å². The lowest BCUT2D eigenvalue weighted by molar-refractivity contribution is 0.0670. The van der Waals surface area contributed by atoms with Crippen molar-refractivity contribution in [3.63, 3.8) is 0 Å². The molecule has 0 saturated carbocycles. The first-order chi connectivity index (χ1) is 13.8. The number of carboxylic acids is 1. The third-order valence-corrected chi connectivity index (χ3v) is 5.19. The van der Waals surface area contributed by atoms with E-state index in [0.29, 0.717) is 5.56 Å². The summed E-state index contributed by atoms with van der Waals surface area (Å²) in [6, 6.07) is 17.2. The van der Waals surface area contributed by atoms with Crippen LogP contribution in [0.25, 0.3) is 0 Å². The fourth-order valence-corrected chi connectivity index (χ4v) is 3.04. The highest BCUT2D eigenvalue weighted by Crippen LogP contribution is 2.26. The Labute approximate surface area is 193 Å². The van der Waals surface area contributed by atoms with Gasteiger partial charge in [0.1, 0.15) is 17.1 Å². The van der Waals surface area contributed by atoms with Crippen LogP contribution in [0.15, 0.2) is 66.7 Å². The molecule has 3 rings (SSSR count). The van der Waals surface area contributed by atoms with Crippen LogP contribution in [0.2, 0.25) is 0 Å². The molecule has 0 aromatic heterocycles. The number of carboxylic acid groups (broad SMARTS) is 1. The number of carbonyl (C=O) groups excluding carboxylic acids is 2. The molecule has 0 radical (unpaired) electrons. The van der Waals surface area contributed by atoms with E-state index in [1.165, 1.54) is 12.1 Å². The van der Waals surface area contributed by atoms with Crippen LogP contribution >= 0.6 is 45.2 Å². The Kier molecular flexibility index (Phi) is 6.85. The summed E-state index contributed by atoms with van der Waals surface area (Å²) in [5.41, 5.74) is 0.323. The average Bonchev–Trinajstić information content (AvgIpc) is 2.69. The van der Waals surface area contributed by atoms with Gasteiger partial charge in [0.05, 0.1) is 11.1 Å². The van der Waals surface area contributed by atoms with Crippen LogP contribution in [-0.2, 0) is 0 Å². The lowest BCUT2D eigenvalue weighted by Gasteiger charge is -2.10. The van der Waals surface area contributed by atoms with Gasteiger partial charge in [0.25, 0.3) is 0 Å². The molecule has 146 valence electrons. The highest BCUT2D eigenvalue weighted by molar-refractivity contribution is 14.1. The summed E-state index contributed by atoms with van der Waals surface area (Å²) in [7, 11) is 0. The Hall–Kier alpha value is -2.47. The van der Waals surface area contributed by atoms with Gasteiger partial charge in [0.15, 0.2) is 0 Å². The number of aromatic carboxylic acids is 1. The van der Waals surface area contributed by atoms with Crippen molar-refractivity contribution in [3.8, 4) is 11.5 Å². The zero-order valence-corrected chi connectivity index (χ0v) is 18.9. The zero-order chi connectivity index (χ0) is 21.0. The number of carbonyl (C=O) groups is 3. The zero-order valence-electron chi connectivity index (χ0n) is 14.6. The first kappa shape index (κ1) is 21.2. The first-order valence-corrected chi connectivity index (χ1v) is 10.3. The SMILES string of the molecule is O=C(Oc1ccc(OC(=O)c2ccc(I)cc2)c(C(=O)O)c1)c1ccc(I)cc1. The third kappa shape index (κ3) is 5.54. The monoisotopic (exact) mass is 614 g/mol. The summed E-state index contributed by atoms with van der Waals surface area (Å²) >= 11 is 4.22. The number of hydrogen-bond donors (Lipinski definition) is 1. The van der Waals surface area contributed by atoms with E-state index < -0.39 is 17.9 Å². The predicted octanol–water partition coefficient (Wildman–Crippen LogP) is 5.03. The topological polar surface area (TPSA) is 89.9 Å². The molecule has 0 heterocycles. The van der Waals surface area contributed by atoms with Crippen molar-refractivity contribution in [1.29, 1.82) is 0 Å². The Morgan fingerprint density at radius 2 is 1.17 bits per heavy atom. The maximum atomic E-state index is 12.3. The minimum absolute atomic E-state index is 0.0278. The maximum Gasteiger partial charge on any atom is 0.343 e. The Morgan fingerprint density at radius 3 is 1.66 bits per heavy atom. The van der Waals surface area contributed by atoms with Gasteiger partial charge in [0, 0.05) is 7.14 Å². The molecular weight excluding hydrogens is 602 g/mol. The second kappa shape index (κ2) is 9.35. The van der Waals surface area contributed by atoms with E-state index in [2.05, 4.69) is 45.2 Å². The molecule has 0 aliphatic rings. The van der Waals surface area contributed by atoms with E-state index in [1.54, 1.807) is 48.5 Å². The number of benzene rings is 3. The Bertz CT molecular complexity index is 1080. The molecule has 6 nitrogen and oxygen atoms in total. The molecule has 0 spiro atoms. The lowest BCUT2D eigenvalue weighted by Crippen LogP contribution is -2.13. The summed E-state index contributed by atoms with van der Waals surface area (Å²) in [4.78, 5) is 36.1. The van der Waals surface area contributed by atoms with E-state index in [0.717, 1.165) is 13.2 Å². The molecule has 3 aromatic rings. The normalized spacial score (nSPS) is 10.3. The van der Waals surface area contributed by atoms with Crippen molar-refractivity contribution in [1.82, 2.24) is 0 Å². The molecule has 29 heavy (non-hydrogen) atoms. The molecular formula is C21H12I2O6. The molecule has 0 bridgehead atoms. The number of esters is 2. The molecule has 0 amide bonds. The molecule has 1 N–H and O–H groups in total. The van der Waals surface area contributed by atoms with Gasteiger partial charge >= 0.3 is 17.9 Å². The van der Waals surface area contributed by atoms with Crippen LogP contribution in [0.1, 0.15) is 31.1 Å². The Morgan fingerprint density at radius 1 is 0.690 bits per heavy atom. The highest BCUT2D eigenvalue weighted by atomic mass is 127. The second-order valence-corrected chi connectivity index (χ2v) is 8.25. The molecule has 8 heteroatoms. The lowest BCUT2D eigenvalue weighted by atomic mass is 10.2. The largest absolute Gasteiger partial charge is 0.478 e. The van der Waals surface area contributed by atoms with Crippen molar-refractivity contribution < 1.29 is 29.0 Å². The summed E-state index contributed by atoms with van der Waals surface area (Å²) in [6.07, 6.45) is 0. The second-order valence-electron chi connectivity index (χ2n) is 5.76. The van der Waals surface area contributed by atoms with Crippen molar-refractivity contribution in [2.75, 3.05) is 0 Å². The van der Waals surface area contributed by atoms with Crippen LogP contribution in [0.3, 0.4) is 0 Å². The van der Waals surface area contributed by atoms with E-state index in [4.69, 9.17) is 9.47 Å². The van der Waals surface area contributed by atoms with Gasteiger partial charge in [-0.05, 0) is 112 Å². The van der Waals surface area contributed by atoms with Crippen molar-refractivity contribution in [3.05, 3.63) is 90.6 Å². The van der Waals surface area contributed by atoms with Gasteiger partial charge in [-0.15, -0.1) is 0 Å². The van der Waals surface area contributed by atoms with Crippen LogP contribution < -0.4 is 9.47 Å². The average molecular weight is 614 g/mol. The van der Waals surface area contributed by atoms with Crippen LogP contribution in [0, 0.1) is 7.14 Å². The minimum atomic E-state index is -1.32. The third-order valence-electron chi connectivity index (χ3n) is 3.75. The molecule has 0 atom stereocenters. The molecule has 0 aliphatic carbocycles. The van der Waals surface area contributed by atoms with E-state index in [-0.39, 0.29) is 22.6 Å². The maximum absolute atomic E-state index is 12.3. The molecule has 0 unspecified atom stereocenters. The number of halogens is 2. The Balaban J connectivity index is 1.80. The van der Waals surface area contributed by atoms with Crippen LogP contribution in [0.5, 0.6) is 11.5 Å². The van der Waals surface area contributed by atoms with Gasteiger partial charge in [-0.3, -0.25) is 0 Å². The van der Waals surface area contributed by atoms with Gasteiger partial charge in [-0.1, -0.05) is 0 Å². The van der Waals surface area contributed by atoms with Crippen molar-refractivity contribution in [2.45, 2.75) is 0 Å². The molecule has 0 saturated heterocycles. The van der Waals surface area contributed by atoms with E-state index in [1.807, 2.05) is 0 Å². The highest BCUT2D eigenvalue weighted by Gasteiger charge is 2.18. The number of hydrogen-bond acceptors (Lipinski definition) is 5.